The van der Waals surface area contributed by atoms with Crippen molar-refractivity contribution in [3.63, 3.8) is 0 Å². The maximum absolute atomic E-state index is 9.17. The van der Waals surface area contributed by atoms with Gasteiger partial charge in [0.15, 0.2) is 17.5 Å². The Hall–Kier alpha value is -8.97. The van der Waals surface area contributed by atoms with Crippen LogP contribution in [0.4, 0.5) is 0 Å². The lowest BCUT2D eigenvalue weighted by molar-refractivity contribution is 1.07. The van der Waals surface area contributed by atoms with Crippen LogP contribution in [0.3, 0.4) is 0 Å². The van der Waals surface area contributed by atoms with Gasteiger partial charge in [-0.15, -0.1) is 11.3 Å². The molecule has 0 radical (unpaired) electrons. The Morgan fingerprint density at radius 1 is 0.333 bits per heavy atom. The molecule has 14 rings (SSSR count). The lowest BCUT2D eigenvalue weighted by atomic mass is 9.97. The summed E-state index contributed by atoms with van der Waals surface area (Å²) in [5.74, 6) is 0.580. The van der Waals surface area contributed by atoms with Gasteiger partial charge in [0, 0.05) is 69.8 Å². The van der Waals surface area contributed by atoms with Crippen molar-refractivity contribution < 1.29 is 6.85 Å². The van der Waals surface area contributed by atoms with Crippen LogP contribution in [0.25, 0.3) is 132 Å². The van der Waals surface area contributed by atoms with E-state index in [1.54, 1.807) is 11.3 Å². The van der Waals surface area contributed by atoms with E-state index in [0.29, 0.717) is 22.8 Å². The van der Waals surface area contributed by atoms with Crippen LogP contribution in [0.1, 0.15) is 6.85 Å². The Bertz CT molecular complexity index is 4540. The standard InChI is InChI=1S/C63H39N5S/c1-4-17-40(18-5-1)42-21-16-22-43(35-42)44-32-34-59-52(36-44)53-38-47(68-55-28-13-10-25-48(55)49-26-11-14-29-56(49)68)39-54(60(53)69-59)63-65-61(41-19-6-2-7-20-41)64-62(66-63)45-31-33-58-51(37-45)50-27-12-15-30-57(50)67(58)46-23-8-3-9-24-46/h1-39H/i2D,6D,7D,19D,20D. The van der Waals surface area contributed by atoms with Crippen molar-refractivity contribution in [2.75, 3.05) is 0 Å². The van der Waals surface area contributed by atoms with E-state index in [-0.39, 0.29) is 11.4 Å². The number of benzene rings is 10. The number of nitrogens with zero attached hydrogens (tertiary/aromatic N) is 5. The third-order valence-corrected chi connectivity index (χ3v) is 14.5. The molecule has 10 aromatic carbocycles. The van der Waals surface area contributed by atoms with Crippen LogP contribution in [0.2, 0.25) is 0 Å². The molecule has 14 aromatic rings. The van der Waals surface area contributed by atoms with Gasteiger partial charge in [-0.3, -0.25) is 0 Å². The van der Waals surface area contributed by atoms with Crippen molar-refractivity contribution in [1.82, 2.24) is 24.1 Å². The molecule has 322 valence electrons. The van der Waals surface area contributed by atoms with Gasteiger partial charge in [0.25, 0.3) is 0 Å². The third-order valence-electron chi connectivity index (χ3n) is 13.2. The van der Waals surface area contributed by atoms with E-state index in [9.17, 15) is 0 Å². The van der Waals surface area contributed by atoms with E-state index in [2.05, 4.69) is 173 Å². The number of aromatic nitrogens is 5. The molecule has 0 spiro atoms. The van der Waals surface area contributed by atoms with Gasteiger partial charge in [-0.1, -0.05) is 158 Å². The van der Waals surface area contributed by atoms with Crippen LogP contribution >= 0.6 is 11.3 Å². The van der Waals surface area contributed by atoms with Crippen LogP contribution in [0, 0.1) is 0 Å². The van der Waals surface area contributed by atoms with Crippen molar-refractivity contribution in [1.29, 1.82) is 0 Å². The van der Waals surface area contributed by atoms with Gasteiger partial charge in [0.2, 0.25) is 0 Å². The number of hydrogen-bond donors (Lipinski definition) is 0. The van der Waals surface area contributed by atoms with E-state index in [0.717, 1.165) is 97.4 Å². The average Bonchev–Trinajstić information content (AvgIpc) is 4.12. The molecule has 4 aromatic heterocycles. The van der Waals surface area contributed by atoms with E-state index in [1.165, 1.54) is 0 Å². The molecular formula is C63H39N5S. The fraction of sp³-hybridized carbons (Fsp3) is 0. The van der Waals surface area contributed by atoms with E-state index >= 15 is 0 Å². The molecule has 6 heteroatoms. The van der Waals surface area contributed by atoms with Crippen LogP contribution in [-0.4, -0.2) is 24.1 Å². The highest BCUT2D eigenvalue weighted by Crippen LogP contribution is 2.45. The molecule has 0 fully saturated rings. The molecule has 4 heterocycles. The maximum atomic E-state index is 9.17. The van der Waals surface area contributed by atoms with Crippen molar-refractivity contribution in [2.24, 2.45) is 0 Å². The molecule has 0 amide bonds. The summed E-state index contributed by atoms with van der Waals surface area (Å²) < 4.78 is 50.8. The monoisotopic (exact) mass is 902 g/mol. The summed E-state index contributed by atoms with van der Waals surface area (Å²) in [5, 5.41) is 6.34. The number of rotatable bonds is 7. The molecule has 0 saturated heterocycles. The lowest BCUT2D eigenvalue weighted by Crippen LogP contribution is -2.01. The highest BCUT2D eigenvalue weighted by molar-refractivity contribution is 7.26. The fourth-order valence-electron chi connectivity index (χ4n) is 10.1. The first kappa shape index (κ1) is 34.4. The maximum Gasteiger partial charge on any atom is 0.165 e. The van der Waals surface area contributed by atoms with Gasteiger partial charge in [-0.05, 0) is 101 Å². The minimum atomic E-state index is -0.490. The van der Waals surface area contributed by atoms with Gasteiger partial charge < -0.3 is 9.13 Å². The quantitative estimate of drug-likeness (QED) is 0.160. The summed E-state index contributed by atoms with van der Waals surface area (Å²) in [4.78, 5) is 15.6. The molecule has 5 nitrogen and oxygen atoms in total. The molecule has 0 aliphatic heterocycles. The summed E-state index contributed by atoms with van der Waals surface area (Å²) in [5.41, 5.74) is 11.8. The largest absolute Gasteiger partial charge is 0.309 e. The number of fused-ring (bicyclic) bond motifs is 9. The molecule has 0 saturated carbocycles. The Morgan fingerprint density at radius 2 is 0.855 bits per heavy atom. The molecule has 0 atom stereocenters. The van der Waals surface area contributed by atoms with Crippen molar-refractivity contribution in [2.45, 2.75) is 0 Å². The van der Waals surface area contributed by atoms with E-state index in [1.807, 2.05) is 42.5 Å². The zero-order valence-corrected chi connectivity index (χ0v) is 37.6. The first-order chi connectivity index (χ1) is 36.3. The van der Waals surface area contributed by atoms with Crippen molar-refractivity contribution >= 4 is 75.1 Å². The summed E-state index contributed by atoms with van der Waals surface area (Å²) in [6.07, 6.45) is 0. The Labute approximate surface area is 408 Å². The summed E-state index contributed by atoms with van der Waals surface area (Å²) in [6.45, 7) is 0. The minimum absolute atomic E-state index is 0.0223. The topological polar surface area (TPSA) is 48.5 Å². The first-order valence-corrected chi connectivity index (χ1v) is 23.7. The molecular weight excluding hydrogens is 859 g/mol. The number of para-hydroxylation sites is 4. The number of hydrogen-bond acceptors (Lipinski definition) is 4. The van der Waals surface area contributed by atoms with Gasteiger partial charge in [-0.2, -0.15) is 0 Å². The normalized spacial score (nSPS) is 12.8. The van der Waals surface area contributed by atoms with Gasteiger partial charge in [0.1, 0.15) is 0 Å². The second-order valence-electron chi connectivity index (χ2n) is 17.2. The summed E-state index contributed by atoms with van der Waals surface area (Å²) in [7, 11) is 0. The summed E-state index contributed by atoms with van der Waals surface area (Å²) >= 11 is 1.65. The smallest absolute Gasteiger partial charge is 0.165 e. The Kier molecular flexibility index (Phi) is 7.89. The van der Waals surface area contributed by atoms with Crippen molar-refractivity contribution in [3.8, 4) is 67.8 Å². The number of thiophene rings is 1. The fourth-order valence-corrected chi connectivity index (χ4v) is 11.3. The SMILES string of the molecule is [2H]c1c([2H])c([2H])c(-c2nc(-c3ccc4c(c3)c3ccccc3n4-c3ccccc3)nc(-c3cc(-n4c5ccccc5c5ccccc54)cc4c3sc3ccc(-c5cccc(-c6ccccc6)c5)cc34)n2)c([2H])c1[2H]. The zero-order valence-electron chi connectivity index (χ0n) is 41.8. The summed E-state index contributed by atoms with van der Waals surface area (Å²) in [6, 6.07) is 69.4. The van der Waals surface area contributed by atoms with E-state index < -0.39 is 30.2 Å². The highest BCUT2D eigenvalue weighted by Gasteiger charge is 2.22. The highest BCUT2D eigenvalue weighted by atomic mass is 32.1. The molecule has 0 bridgehead atoms. The molecule has 69 heavy (non-hydrogen) atoms. The van der Waals surface area contributed by atoms with Crippen LogP contribution < -0.4 is 0 Å². The molecule has 0 aliphatic rings. The second-order valence-corrected chi connectivity index (χ2v) is 18.3. The van der Waals surface area contributed by atoms with Crippen LogP contribution in [0.5, 0.6) is 0 Å². The van der Waals surface area contributed by atoms with E-state index in [4.69, 9.17) is 21.8 Å². The minimum Gasteiger partial charge on any atom is -0.309 e. The zero-order chi connectivity index (χ0) is 49.8. The van der Waals surface area contributed by atoms with Gasteiger partial charge in [-0.25, -0.2) is 15.0 Å². The molecule has 0 unspecified atom stereocenters. The first-order valence-electron chi connectivity index (χ1n) is 25.3. The molecule has 0 N–H and O–H groups in total. The van der Waals surface area contributed by atoms with Crippen molar-refractivity contribution in [3.05, 3.63) is 236 Å². The Balaban J connectivity index is 1.06. The van der Waals surface area contributed by atoms with Crippen LogP contribution in [0.15, 0.2) is 236 Å². The van der Waals surface area contributed by atoms with Gasteiger partial charge in [0.05, 0.1) is 28.9 Å². The lowest BCUT2D eigenvalue weighted by Gasteiger charge is -2.13. The van der Waals surface area contributed by atoms with Crippen LogP contribution in [-0.2, 0) is 0 Å². The molecule has 0 aliphatic carbocycles. The predicted molar refractivity (Wildman–Crippen MR) is 289 cm³/mol. The average molecular weight is 903 g/mol. The third kappa shape index (κ3) is 6.49. The second kappa shape index (κ2) is 15.8. The predicted octanol–water partition coefficient (Wildman–Crippen LogP) is 16.8. The van der Waals surface area contributed by atoms with Gasteiger partial charge >= 0.3 is 0 Å². The Morgan fingerprint density at radius 3 is 1.57 bits per heavy atom.